The number of hydrogen-bond donors (Lipinski definition) is 0. The van der Waals surface area contributed by atoms with Crippen molar-refractivity contribution in [1.82, 2.24) is 0 Å². The summed E-state index contributed by atoms with van der Waals surface area (Å²) in [6.07, 6.45) is 5.68. The predicted octanol–water partition coefficient (Wildman–Crippen LogP) is 4.10. The van der Waals surface area contributed by atoms with Crippen LogP contribution in [0.3, 0.4) is 0 Å². The molecule has 0 heterocycles. The number of methoxy groups -OCH3 is 2. The van der Waals surface area contributed by atoms with E-state index in [1.165, 1.54) is 12.8 Å². The Bertz CT molecular complexity index is 445. The van der Waals surface area contributed by atoms with Crippen LogP contribution in [-0.4, -0.2) is 20.0 Å². The maximum absolute atomic E-state index is 12.8. The topological polar surface area (TPSA) is 35.5 Å². The summed E-state index contributed by atoms with van der Waals surface area (Å²) >= 11 is 0. The lowest BCUT2D eigenvalue weighted by atomic mass is 9.74. The van der Waals surface area contributed by atoms with Gasteiger partial charge in [0.05, 0.1) is 14.2 Å². The van der Waals surface area contributed by atoms with Gasteiger partial charge in [0.15, 0.2) is 5.78 Å². The largest absolute Gasteiger partial charge is 0.497 e. The molecule has 0 amide bonds. The van der Waals surface area contributed by atoms with Crippen LogP contribution in [0.15, 0.2) is 18.2 Å². The minimum Gasteiger partial charge on any atom is -0.497 e. The van der Waals surface area contributed by atoms with Gasteiger partial charge in [-0.3, -0.25) is 4.79 Å². The Balaban J connectivity index is 2.27. The van der Waals surface area contributed by atoms with E-state index in [-0.39, 0.29) is 11.7 Å². The van der Waals surface area contributed by atoms with Gasteiger partial charge in [0.2, 0.25) is 0 Å². The van der Waals surface area contributed by atoms with Crippen LogP contribution in [0.4, 0.5) is 0 Å². The molecule has 2 unspecified atom stereocenters. The molecular formula is C17H24O3. The van der Waals surface area contributed by atoms with E-state index in [1.54, 1.807) is 20.3 Å². The van der Waals surface area contributed by atoms with Gasteiger partial charge in [-0.25, -0.2) is 0 Å². The molecule has 0 bridgehead atoms. The molecule has 0 aliphatic heterocycles. The summed E-state index contributed by atoms with van der Waals surface area (Å²) in [7, 11) is 3.22. The summed E-state index contributed by atoms with van der Waals surface area (Å²) in [6, 6.07) is 5.45. The van der Waals surface area contributed by atoms with E-state index in [9.17, 15) is 4.79 Å². The lowest BCUT2D eigenvalue weighted by Gasteiger charge is -2.29. The quantitative estimate of drug-likeness (QED) is 0.759. The van der Waals surface area contributed by atoms with Crippen LogP contribution >= 0.6 is 0 Å². The van der Waals surface area contributed by atoms with E-state index < -0.39 is 0 Å². The zero-order chi connectivity index (χ0) is 14.5. The highest BCUT2D eigenvalue weighted by Gasteiger charge is 2.30. The number of carbonyl (C=O) groups is 1. The van der Waals surface area contributed by atoms with Crippen LogP contribution in [0.1, 0.15) is 49.4 Å². The number of ketones is 1. The third-order valence-corrected chi connectivity index (χ3v) is 4.41. The van der Waals surface area contributed by atoms with Crippen LogP contribution in [0.5, 0.6) is 11.5 Å². The maximum atomic E-state index is 12.8. The molecule has 1 aromatic rings. The van der Waals surface area contributed by atoms with Gasteiger partial charge in [-0.1, -0.05) is 26.2 Å². The molecule has 20 heavy (non-hydrogen) atoms. The van der Waals surface area contributed by atoms with Gasteiger partial charge in [-0.15, -0.1) is 0 Å². The Hall–Kier alpha value is -1.51. The first kappa shape index (κ1) is 14.9. The van der Waals surface area contributed by atoms with Crippen molar-refractivity contribution in [3.8, 4) is 11.5 Å². The van der Waals surface area contributed by atoms with Crippen LogP contribution in [0, 0.1) is 11.8 Å². The van der Waals surface area contributed by atoms with E-state index in [4.69, 9.17) is 9.47 Å². The second-order valence-corrected chi connectivity index (χ2v) is 5.52. The molecule has 1 fully saturated rings. The number of carbonyl (C=O) groups excluding carboxylic acids is 1. The molecule has 2 rings (SSSR count). The third kappa shape index (κ3) is 3.14. The molecule has 110 valence electrons. The average Bonchev–Trinajstić information content (AvgIpc) is 2.53. The van der Waals surface area contributed by atoms with Crippen LogP contribution < -0.4 is 9.47 Å². The lowest BCUT2D eigenvalue weighted by molar-refractivity contribution is 0.0819. The van der Waals surface area contributed by atoms with Crippen LogP contribution in [0.25, 0.3) is 0 Å². The van der Waals surface area contributed by atoms with Crippen molar-refractivity contribution in [2.75, 3.05) is 14.2 Å². The normalized spacial score (nSPS) is 22.4. The van der Waals surface area contributed by atoms with E-state index >= 15 is 0 Å². The van der Waals surface area contributed by atoms with Crippen LogP contribution in [-0.2, 0) is 0 Å². The molecule has 0 aromatic heterocycles. The molecule has 3 nitrogen and oxygen atoms in total. The second kappa shape index (κ2) is 6.78. The van der Waals surface area contributed by atoms with Gasteiger partial charge in [0.1, 0.15) is 11.5 Å². The average molecular weight is 276 g/mol. The summed E-state index contributed by atoms with van der Waals surface area (Å²) in [5.74, 6) is 2.28. The van der Waals surface area contributed by atoms with Crippen molar-refractivity contribution >= 4 is 5.78 Å². The molecule has 0 radical (unpaired) electrons. The first-order chi connectivity index (χ1) is 9.69. The highest BCUT2D eigenvalue weighted by atomic mass is 16.5. The fourth-order valence-corrected chi connectivity index (χ4v) is 3.21. The minimum atomic E-state index is 0.158. The summed E-state index contributed by atoms with van der Waals surface area (Å²) in [4.78, 5) is 12.8. The molecule has 0 N–H and O–H groups in total. The van der Waals surface area contributed by atoms with Crippen molar-refractivity contribution < 1.29 is 14.3 Å². The predicted molar refractivity (Wildman–Crippen MR) is 79.6 cm³/mol. The lowest BCUT2D eigenvalue weighted by Crippen LogP contribution is -2.27. The molecule has 0 spiro atoms. The summed E-state index contributed by atoms with van der Waals surface area (Å²) in [5, 5.41) is 0. The van der Waals surface area contributed by atoms with E-state index in [0.717, 1.165) is 19.3 Å². The Labute approximate surface area is 121 Å². The van der Waals surface area contributed by atoms with Crippen molar-refractivity contribution in [1.29, 1.82) is 0 Å². The zero-order valence-electron chi connectivity index (χ0n) is 12.6. The van der Waals surface area contributed by atoms with Gasteiger partial charge < -0.3 is 9.47 Å². The monoisotopic (exact) mass is 276 g/mol. The molecule has 1 aliphatic carbocycles. The van der Waals surface area contributed by atoms with Crippen molar-refractivity contribution in [2.45, 2.75) is 39.0 Å². The van der Waals surface area contributed by atoms with Gasteiger partial charge in [-0.05, 0) is 30.9 Å². The van der Waals surface area contributed by atoms with Crippen LogP contribution in [0.2, 0.25) is 0 Å². The van der Waals surface area contributed by atoms with E-state index in [2.05, 4.69) is 6.92 Å². The SMILES string of the molecule is CCC1CCCCC1C(=O)c1cc(OC)cc(OC)c1. The molecule has 2 atom stereocenters. The maximum Gasteiger partial charge on any atom is 0.166 e. The van der Waals surface area contributed by atoms with Crippen molar-refractivity contribution in [3.63, 3.8) is 0 Å². The second-order valence-electron chi connectivity index (χ2n) is 5.52. The van der Waals surface area contributed by atoms with Gasteiger partial charge in [-0.2, -0.15) is 0 Å². The Kier molecular flexibility index (Phi) is 5.05. The smallest absolute Gasteiger partial charge is 0.166 e. The first-order valence-corrected chi connectivity index (χ1v) is 7.46. The number of hydrogen-bond acceptors (Lipinski definition) is 3. The number of Topliss-reactive ketones (excluding diaryl/α,β-unsaturated/α-hetero) is 1. The highest BCUT2D eigenvalue weighted by Crippen LogP contribution is 2.35. The molecule has 1 aromatic carbocycles. The molecule has 1 aliphatic rings. The van der Waals surface area contributed by atoms with E-state index in [1.807, 2.05) is 12.1 Å². The Morgan fingerprint density at radius 3 is 2.25 bits per heavy atom. The fourth-order valence-electron chi connectivity index (χ4n) is 3.21. The molecular weight excluding hydrogens is 252 g/mol. The number of benzene rings is 1. The highest BCUT2D eigenvalue weighted by molar-refractivity contribution is 5.98. The summed E-state index contributed by atoms with van der Waals surface area (Å²) < 4.78 is 10.5. The Morgan fingerprint density at radius 2 is 1.70 bits per heavy atom. The summed E-state index contributed by atoms with van der Waals surface area (Å²) in [6.45, 7) is 2.18. The van der Waals surface area contributed by atoms with Gasteiger partial charge in [0, 0.05) is 17.5 Å². The van der Waals surface area contributed by atoms with Crippen molar-refractivity contribution in [3.05, 3.63) is 23.8 Å². The number of rotatable bonds is 5. The number of ether oxygens (including phenoxy) is 2. The minimum absolute atomic E-state index is 0.158. The zero-order valence-corrected chi connectivity index (χ0v) is 12.6. The van der Waals surface area contributed by atoms with Crippen molar-refractivity contribution in [2.24, 2.45) is 11.8 Å². The van der Waals surface area contributed by atoms with Gasteiger partial charge in [0.25, 0.3) is 0 Å². The Morgan fingerprint density at radius 1 is 1.10 bits per heavy atom. The first-order valence-electron chi connectivity index (χ1n) is 7.46. The van der Waals surface area contributed by atoms with E-state index in [0.29, 0.717) is 23.0 Å². The molecule has 0 saturated heterocycles. The standard InChI is InChI=1S/C17H24O3/c1-4-12-7-5-6-8-16(12)17(18)13-9-14(19-2)11-15(10-13)20-3/h9-12,16H,4-8H2,1-3H3. The molecule has 3 heteroatoms. The fraction of sp³-hybridized carbons (Fsp3) is 0.588. The molecule has 1 saturated carbocycles. The van der Waals surface area contributed by atoms with Gasteiger partial charge >= 0.3 is 0 Å². The third-order valence-electron chi connectivity index (χ3n) is 4.41. The summed E-state index contributed by atoms with van der Waals surface area (Å²) in [5.41, 5.74) is 0.714.